The number of rotatable bonds is 7. The zero-order chi connectivity index (χ0) is 18.4. The predicted octanol–water partition coefficient (Wildman–Crippen LogP) is 1.47. The van der Waals surface area contributed by atoms with Crippen LogP contribution in [0.3, 0.4) is 0 Å². The van der Waals surface area contributed by atoms with Gasteiger partial charge in [0.25, 0.3) is 15.9 Å². The minimum absolute atomic E-state index is 0.0845. The van der Waals surface area contributed by atoms with Gasteiger partial charge in [-0.15, -0.1) is 0 Å². The number of likely N-dealkylation sites (tertiary alicyclic amines) is 1. The minimum Gasteiger partial charge on any atom is -0.349 e. The van der Waals surface area contributed by atoms with Gasteiger partial charge < -0.3 is 10.2 Å². The number of nitrogens with one attached hydrogen (secondary N) is 1. The maximum atomic E-state index is 12.4. The van der Waals surface area contributed by atoms with Crippen LogP contribution in [0.5, 0.6) is 0 Å². The molecule has 0 aromatic heterocycles. The molecule has 1 fully saturated rings. The van der Waals surface area contributed by atoms with Crippen LogP contribution in [-0.2, 0) is 14.9 Å². The molecule has 0 bridgehead atoms. The average Bonchev–Trinajstić information content (AvgIpc) is 2.63. The molecule has 8 heteroatoms. The van der Waals surface area contributed by atoms with E-state index in [0.29, 0.717) is 5.56 Å². The molecule has 0 radical (unpaired) electrons. The molecule has 1 aliphatic heterocycles. The summed E-state index contributed by atoms with van der Waals surface area (Å²) >= 11 is 0. The van der Waals surface area contributed by atoms with Crippen molar-refractivity contribution >= 4 is 15.9 Å². The second-order valence-electron chi connectivity index (χ2n) is 6.21. The molecule has 1 N–H and O–H groups in total. The summed E-state index contributed by atoms with van der Waals surface area (Å²) in [6.07, 6.45) is 3.03. The van der Waals surface area contributed by atoms with E-state index in [1.165, 1.54) is 38.4 Å². The van der Waals surface area contributed by atoms with Gasteiger partial charge in [0.2, 0.25) is 0 Å². The number of piperidine rings is 1. The standard InChI is InChI=1S/C17H27N3O4S/c1-4-11-20-12-9-15(10-13-20)18-17(21)14-5-7-16(8-6-14)25(22,23)19(2)24-3/h5-8,15H,4,9-13H2,1-3H3,(H,18,21). The summed E-state index contributed by atoms with van der Waals surface area (Å²) < 4.78 is 25.1. The zero-order valence-electron chi connectivity index (χ0n) is 15.1. The summed E-state index contributed by atoms with van der Waals surface area (Å²) in [6, 6.07) is 6.06. The Morgan fingerprint density at radius 2 is 1.88 bits per heavy atom. The molecule has 2 rings (SSSR count). The van der Waals surface area contributed by atoms with Crippen molar-refractivity contribution < 1.29 is 18.0 Å². The highest BCUT2D eigenvalue weighted by molar-refractivity contribution is 7.89. The van der Waals surface area contributed by atoms with Crippen molar-refractivity contribution in [2.75, 3.05) is 33.8 Å². The lowest BCUT2D eigenvalue weighted by Gasteiger charge is -2.32. The third-order valence-corrected chi connectivity index (χ3v) is 6.17. The van der Waals surface area contributed by atoms with Gasteiger partial charge in [0.05, 0.1) is 12.0 Å². The first-order valence-electron chi connectivity index (χ1n) is 8.54. The summed E-state index contributed by atoms with van der Waals surface area (Å²) in [5, 5.41) is 3.04. The predicted molar refractivity (Wildman–Crippen MR) is 95.6 cm³/mol. The number of carbonyl (C=O) groups is 1. The fourth-order valence-corrected chi connectivity index (χ4v) is 3.88. The van der Waals surface area contributed by atoms with Crippen LogP contribution >= 0.6 is 0 Å². The molecule has 0 atom stereocenters. The number of hydrogen-bond acceptors (Lipinski definition) is 5. The molecule has 0 aliphatic carbocycles. The molecule has 1 aromatic rings. The lowest BCUT2D eigenvalue weighted by Crippen LogP contribution is -2.44. The van der Waals surface area contributed by atoms with E-state index < -0.39 is 10.0 Å². The fraction of sp³-hybridized carbons (Fsp3) is 0.588. The summed E-state index contributed by atoms with van der Waals surface area (Å²) in [5.74, 6) is -0.169. The van der Waals surface area contributed by atoms with Crippen molar-refractivity contribution in [3.8, 4) is 0 Å². The van der Waals surface area contributed by atoms with Crippen LogP contribution in [-0.4, -0.2) is 63.5 Å². The van der Waals surface area contributed by atoms with Crippen LogP contribution in [0.1, 0.15) is 36.5 Å². The van der Waals surface area contributed by atoms with Crippen molar-refractivity contribution in [3.63, 3.8) is 0 Å². The number of hydrogen-bond donors (Lipinski definition) is 1. The van der Waals surface area contributed by atoms with Gasteiger partial charge in [0.15, 0.2) is 0 Å². The topological polar surface area (TPSA) is 79.0 Å². The normalized spacial score (nSPS) is 17.0. The maximum absolute atomic E-state index is 12.4. The minimum atomic E-state index is -3.70. The van der Waals surface area contributed by atoms with Crippen LogP contribution in [0, 0.1) is 0 Å². The number of amides is 1. The van der Waals surface area contributed by atoms with Crippen molar-refractivity contribution in [1.29, 1.82) is 0 Å². The van der Waals surface area contributed by atoms with E-state index in [4.69, 9.17) is 4.84 Å². The summed E-state index contributed by atoms with van der Waals surface area (Å²) in [6.45, 7) is 5.27. The van der Waals surface area contributed by atoms with Crippen molar-refractivity contribution in [2.45, 2.75) is 37.1 Å². The van der Waals surface area contributed by atoms with E-state index in [-0.39, 0.29) is 16.8 Å². The molecule has 0 unspecified atom stereocenters. The smallest absolute Gasteiger partial charge is 0.264 e. The Morgan fingerprint density at radius 1 is 1.28 bits per heavy atom. The first kappa shape index (κ1) is 19.8. The second kappa shape index (κ2) is 8.75. The lowest BCUT2D eigenvalue weighted by molar-refractivity contribution is -0.0258. The van der Waals surface area contributed by atoms with Crippen molar-refractivity contribution in [3.05, 3.63) is 29.8 Å². The lowest BCUT2D eigenvalue weighted by atomic mass is 10.0. The monoisotopic (exact) mass is 369 g/mol. The van der Waals surface area contributed by atoms with Gasteiger partial charge in [-0.2, -0.15) is 0 Å². The van der Waals surface area contributed by atoms with Crippen LogP contribution in [0.4, 0.5) is 0 Å². The molecule has 1 aromatic carbocycles. The number of carbonyl (C=O) groups excluding carboxylic acids is 1. The quantitative estimate of drug-likeness (QED) is 0.737. The molecular weight excluding hydrogens is 342 g/mol. The molecule has 1 saturated heterocycles. The Balaban J connectivity index is 1.95. The van der Waals surface area contributed by atoms with E-state index in [0.717, 1.165) is 43.4 Å². The summed E-state index contributed by atoms with van der Waals surface area (Å²) in [7, 11) is -1.09. The highest BCUT2D eigenvalue weighted by atomic mass is 32.2. The van der Waals surface area contributed by atoms with Gasteiger partial charge in [0, 0.05) is 31.7 Å². The number of hydroxylamine groups is 1. The Labute approximate surface area is 149 Å². The number of sulfonamides is 1. The van der Waals surface area contributed by atoms with Gasteiger partial charge in [0.1, 0.15) is 0 Å². The SMILES string of the molecule is CCCN1CCC(NC(=O)c2ccc(S(=O)(=O)N(C)OC)cc2)CC1. The highest BCUT2D eigenvalue weighted by Crippen LogP contribution is 2.16. The molecule has 0 saturated carbocycles. The molecule has 1 aliphatic rings. The Kier molecular flexibility index (Phi) is 6.95. The highest BCUT2D eigenvalue weighted by Gasteiger charge is 2.23. The third kappa shape index (κ3) is 5.01. The molecular formula is C17H27N3O4S. The molecule has 1 heterocycles. The Morgan fingerprint density at radius 3 is 2.40 bits per heavy atom. The van der Waals surface area contributed by atoms with Crippen LogP contribution in [0.25, 0.3) is 0 Å². The van der Waals surface area contributed by atoms with Gasteiger partial charge >= 0.3 is 0 Å². The Hall–Kier alpha value is -1.48. The average molecular weight is 369 g/mol. The van der Waals surface area contributed by atoms with E-state index in [2.05, 4.69) is 17.1 Å². The van der Waals surface area contributed by atoms with Gasteiger partial charge in [-0.05, 0) is 50.1 Å². The van der Waals surface area contributed by atoms with E-state index in [9.17, 15) is 13.2 Å². The molecule has 140 valence electrons. The molecule has 0 spiro atoms. The number of benzene rings is 1. The molecule has 1 amide bonds. The largest absolute Gasteiger partial charge is 0.349 e. The van der Waals surface area contributed by atoms with Crippen molar-refractivity contribution in [1.82, 2.24) is 14.7 Å². The van der Waals surface area contributed by atoms with Gasteiger partial charge in [-0.25, -0.2) is 8.42 Å². The summed E-state index contributed by atoms with van der Waals surface area (Å²) in [4.78, 5) is 19.6. The maximum Gasteiger partial charge on any atom is 0.264 e. The van der Waals surface area contributed by atoms with Crippen molar-refractivity contribution in [2.24, 2.45) is 0 Å². The summed E-state index contributed by atoms with van der Waals surface area (Å²) in [5.41, 5.74) is 0.454. The zero-order valence-corrected chi connectivity index (χ0v) is 15.9. The van der Waals surface area contributed by atoms with E-state index >= 15 is 0 Å². The first-order valence-corrected chi connectivity index (χ1v) is 9.98. The fourth-order valence-electron chi connectivity index (χ4n) is 2.91. The van der Waals surface area contributed by atoms with Crippen LogP contribution in [0.2, 0.25) is 0 Å². The van der Waals surface area contributed by atoms with Crippen LogP contribution in [0.15, 0.2) is 29.2 Å². The third-order valence-electron chi connectivity index (χ3n) is 4.47. The first-order chi connectivity index (χ1) is 11.9. The van der Waals surface area contributed by atoms with Gasteiger partial charge in [-0.1, -0.05) is 11.4 Å². The van der Waals surface area contributed by atoms with E-state index in [1.54, 1.807) is 0 Å². The van der Waals surface area contributed by atoms with Gasteiger partial charge in [-0.3, -0.25) is 9.63 Å². The van der Waals surface area contributed by atoms with Crippen LogP contribution < -0.4 is 5.32 Å². The van der Waals surface area contributed by atoms with E-state index in [1.807, 2.05) is 0 Å². The Bertz CT molecular complexity index is 668. The molecule has 25 heavy (non-hydrogen) atoms. The molecule has 7 nitrogen and oxygen atoms in total. The second-order valence-corrected chi connectivity index (χ2v) is 8.15. The number of nitrogens with zero attached hydrogens (tertiary/aromatic N) is 2.